The Kier molecular flexibility index (Phi) is 3.86. The van der Waals surface area contributed by atoms with Crippen LogP contribution in [-0.2, 0) is 12.7 Å². The Balaban J connectivity index is 1.92. The fourth-order valence-electron chi connectivity index (χ4n) is 2.47. The Bertz CT molecular complexity index is 647. The number of rotatable bonds is 2. The van der Waals surface area contributed by atoms with E-state index in [1.54, 1.807) is 0 Å². The molecule has 1 aliphatic heterocycles. The van der Waals surface area contributed by atoms with Crippen LogP contribution in [0.2, 0.25) is 5.02 Å². The van der Waals surface area contributed by atoms with Crippen LogP contribution in [0.15, 0.2) is 22.6 Å². The van der Waals surface area contributed by atoms with Crippen LogP contribution in [0, 0.1) is 0 Å². The number of halogens is 4. The standard InChI is InChI=1S/C14H14ClF3N2O/c15-13-10-7-9(14(16,17)18)1-2-11(10)21-12(13)8-20-5-3-19-4-6-20/h1-2,7,19H,3-6,8H2. The van der Waals surface area contributed by atoms with E-state index in [1.807, 2.05) is 0 Å². The zero-order valence-electron chi connectivity index (χ0n) is 11.1. The number of benzene rings is 1. The Morgan fingerprint density at radius 2 is 1.95 bits per heavy atom. The molecule has 0 atom stereocenters. The van der Waals surface area contributed by atoms with Gasteiger partial charge in [-0.2, -0.15) is 13.2 Å². The number of piperazine rings is 1. The summed E-state index contributed by atoms with van der Waals surface area (Å²) in [5.41, 5.74) is -0.329. The quantitative estimate of drug-likeness (QED) is 0.918. The number of furan rings is 1. The van der Waals surface area contributed by atoms with Gasteiger partial charge in [-0.3, -0.25) is 4.90 Å². The lowest BCUT2D eigenvalue weighted by Crippen LogP contribution is -2.42. The Morgan fingerprint density at radius 1 is 1.24 bits per heavy atom. The second-order valence-electron chi connectivity index (χ2n) is 5.07. The van der Waals surface area contributed by atoms with E-state index in [0.29, 0.717) is 23.3 Å². The highest BCUT2D eigenvalue weighted by molar-refractivity contribution is 6.36. The topological polar surface area (TPSA) is 28.4 Å². The maximum atomic E-state index is 12.7. The Hall–Kier alpha value is -1.24. The van der Waals surface area contributed by atoms with E-state index >= 15 is 0 Å². The molecule has 2 aromatic rings. The molecular formula is C14H14ClF3N2O. The molecule has 1 fully saturated rings. The summed E-state index contributed by atoms with van der Waals surface area (Å²) < 4.78 is 43.8. The first-order valence-electron chi connectivity index (χ1n) is 6.66. The minimum absolute atomic E-state index is 0.273. The summed E-state index contributed by atoms with van der Waals surface area (Å²) in [6.07, 6.45) is -4.38. The van der Waals surface area contributed by atoms with E-state index in [9.17, 15) is 13.2 Å². The molecule has 114 valence electrons. The second-order valence-corrected chi connectivity index (χ2v) is 5.45. The fourth-order valence-corrected chi connectivity index (χ4v) is 2.71. The van der Waals surface area contributed by atoms with Crippen molar-refractivity contribution in [2.24, 2.45) is 0 Å². The average molecular weight is 319 g/mol. The summed E-state index contributed by atoms with van der Waals surface area (Å²) in [5.74, 6) is 0.521. The van der Waals surface area contributed by atoms with Crippen LogP contribution in [-0.4, -0.2) is 31.1 Å². The van der Waals surface area contributed by atoms with Gasteiger partial charge in [0.15, 0.2) is 0 Å². The van der Waals surface area contributed by atoms with Crippen LogP contribution < -0.4 is 5.32 Å². The zero-order chi connectivity index (χ0) is 15.0. The second kappa shape index (κ2) is 5.51. The van der Waals surface area contributed by atoms with Gasteiger partial charge >= 0.3 is 6.18 Å². The van der Waals surface area contributed by atoms with Crippen molar-refractivity contribution in [1.29, 1.82) is 0 Å². The van der Waals surface area contributed by atoms with Crippen LogP contribution in [0.5, 0.6) is 0 Å². The molecule has 0 aliphatic carbocycles. The number of hydrogen-bond donors (Lipinski definition) is 1. The van der Waals surface area contributed by atoms with Gasteiger partial charge in [-0.1, -0.05) is 11.6 Å². The minimum Gasteiger partial charge on any atom is -0.458 e. The molecule has 1 saturated heterocycles. The van der Waals surface area contributed by atoms with Gasteiger partial charge in [-0.25, -0.2) is 0 Å². The molecule has 1 aromatic heterocycles. The first-order chi connectivity index (χ1) is 9.95. The number of nitrogens with zero attached hydrogens (tertiary/aromatic N) is 1. The molecule has 1 aliphatic rings. The first-order valence-corrected chi connectivity index (χ1v) is 7.04. The first kappa shape index (κ1) is 14.7. The van der Waals surface area contributed by atoms with Gasteiger partial charge in [0.1, 0.15) is 11.3 Å². The van der Waals surface area contributed by atoms with Crippen molar-refractivity contribution in [3.63, 3.8) is 0 Å². The highest BCUT2D eigenvalue weighted by atomic mass is 35.5. The molecule has 0 amide bonds. The summed E-state index contributed by atoms with van der Waals surface area (Å²) in [6.45, 7) is 4.00. The van der Waals surface area contributed by atoms with Crippen molar-refractivity contribution in [3.8, 4) is 0 Å². The predicted octanol–water partition coefficient (Wildman–Crippen LogP) is 3.51. The van der Waals surface area contributed by atoms with Crippen LogP contribution in [0.25, 0.3) is 11.0 Å². The summed E-state index contributed by atoms with van der Waals surface area (Å²) in [6, 6.07) is 3.38. The monoisotopic (exact) mass is 318 g/mol. The third-order valence-corrected chi connectivity index (χ3v) is 4.01. The molecule has 0 radical (unpaired) electrons. The number of fused-ring (bicyclic) bond motifs is 1. The van der Waals surface area contributed by atoms with E-state index in [0.717, 1.165) is 38.3 Å². The van der Waals surface area contributed by atoms with Crippen molar-refractivity contribution in [1.82, 2.24) is 10.2 Å². The third-order valence-electron chi connectivity index (χ3n) is 3.60. The molecule has 7 heteroatoms. The SMILES string of the molecule is FC(F)(F)c1ccc2oc(CN3CCNCC3)c(Cl)c2c1. The lowest BCUT2D eigenvalue weighted by atomic mass is 10.1. The lowest BCUT2D eigenvalue weighted by Gasteiger charge is -2.26. The summed E-state index contributed by atoms with van der Waals surface area (Å²) in [4.78, 5) is 2.16. The molecular weight excluding hydrogens is 305 g/mol. The number of nitrogens with one attached hydrogen (secondary N) is 1. The highest BCUT2D eigenvalue weighted by Crippen LogP contribution is 2.36. The van der Waals surface area contributed by atoms with Gasteiger partial charge in [0.2, 0.25) is 0 Å². The van der Waals surface area contributed by atoms with Gasteiger partial charge in [-0.05, 0) is 18.2 Å². The van der Waals surface area contributed by atoms with Crippen molar-refractivity contribution < 1.29 is 17.6 Å². The smallest absolute Gasteiger partial charge is 0.416 e. The molecule has 0 saturated carbocycles. The zero-order valence-corrected chi connectivity index (χ0v) is 11.9. The fraction of sp³-hybridized carbons (Fsp3) is 0.429. The lowest BCUT2D eigenvalue weighted by molar-refractivity contribution is -0.137. The van der Waals surface area contributed by atoms with Gasteiger partial charge in [-0.15, -0.1) is 0 Å². The van der Waals surface area contributed by atoms with Crippen molar-refractivity contribution >= 4 is 22.6 Å². The maximum absolute atomic E-state index is 12.7. The maximum Gasteiger partial charge on any atom is 0.416 e. The number of hydrogen-bond acceptors (Lipinski definition) is 3. The minimum atomic E-state index is -4.38. The van der Waals surface area contributed by atoms with Crippen LogP contribution in [0.4, 0.5) is 13.2 Å². The van der Waals surface area contributed by atoms with E-state index in [1.165, 1.54) is 6.07 Å². The number of alkyl halides is 3. The Labute approximate surface area is 124 Å². The average Bonchev–Trinajstić information content (AvgIpc) is 2.75. The summed E-state index contributed by atoms with van der Waals surface area (Å²) >= 11 is 6.20. The molecule has 1 N–H and O–H groups in total. The van der Waals surface area contributed by atoms with E-state index in [4.69, 9.17) is 16.0 Å². The molecule has 0 bridgehead atoms. The normalized spacial score (nSPS) is 17.5. The predicted molar refractivity (Wildman–Crippen MR) is 74.4 cm³/mol. The Morgan fingerprint density at radius 3 is 2.62 bits per heavy atom. The van der Waals surface area contributed by atoms with Crippen molar-refractivity contribution in [2.45, 2.75) is 12.7 Å². The molecule has 3 rings (SSSR count). The van der Waals surface area contributed by atoms with Crippen molar-refractivity contribution in [2.75, 3.05) is 26.2 Å². The van der Waals surface area contributed by atoms with Crippen LogP contribution in [0.3, 0.4) is 0 Å². The third kappa shape index (κ3) is 3.02. The molecule has 0 spiro atoms. The highest BCUT2D eigenvalue weighted by Gasteiger charge is 2.31. The molecule has 1 aromatic carbocycles. The van der Waals surface area contributed by atoms with Gasteiger partial charge in [0, 0.05) is 31.6 Å². The van der Waals surface area contributed by atoms with Crippen LogP contribution in [0.1, 0.15) is 11.3 Å². The molecule has 21 heavy (non-hydrogen) atoms. The van der Waals surface area contributed by atoms with Gasteiger partial charge < -0.3 is 9.73 Å². The summed E-state index contributed by atoms with van der Waals surface area (Å²) in [5, 5.41) is 3.82. The van der Waals surface area contributed by atoms with Gasteiger partial charge in [0.25, 0.3) is 0 Å². The van der Waals surface area contributed by atoms with Gasteiger partial charge in [0.05, 0.1) is 17.1 Å². The molecule has 3 nitrogen and oxygen atoms in total. The molecule has 2 heterocycles. The van der Waals surface area contributed by atoms with Crippen molar-refractivity contribution in [3.05, 3.63) is 34.5 Å². The van der Waals surface area contributed by atoms with E-state index in [2.05, 4.69) is 10.2 Å². The van der Waals surface area contributed by atoms with Crippen LogP contribution >= 0.6 is 11.6 Å². The summed E-state index contributed by atoms with van der Waals surface area (Å²) in [7, 11) is 0. The largest absolute Gasteiger partial charge is 0.458 e. The van der Waals surface area contributed by atoms with E-state index in [-0.39, 0.29) is 5.02 Å². The van der Waals surface area contributed by atoms with E-state index < -0.39 is 11.7 Å². The molecule has 0 unspecified atom stereocenters.